The Morgan fingerprint density at radius 1 is 1.36 bits per heavy atom. The second kappa shape index (κ2) is 5.81. The molecule has 0 spiro atoms. The lowest BCUT2D eigenvalue weighted by atomic mass is 10.1. The first-order chi connectivity index (χ1) is 6.74. The summed E-state index contributed by atoms with van der Waals surface area (Å²) < 4.78 is 4.98. The van der Waals surface area contributed by atoms with Crippen LogP contribution < -0.4 is 0 Å². The minimum absolute atomic E-state index is 0.0464. The highest BCUT2D eigenvalue weighted by Crippen LogP contribution is 2.19. The number of aliphatic hydroxyl groups is 1. The summed E-state index contributed by atoms with van der Waals surface area (Å²) in [4.78, 5) is 11.2. The Bertz CT molecular complexity index is 221. The third-order valence-corrected chi connectivity index (χ3v) is 2.35. The molecule has 0 aromatic rings. The number of esters is 1. The highest BCUT2D eigenvalue weighted by Gasteiger charge is 2.20. The van der Waals surface area contributed by atoms with Crippen molar-refractivity contribution in [2.75, 3.05) is 6.61 Å². The lowest BCUT2D eigenvalue weighted by Crippen LogP contribution is -2.03. The third kappa shape index (κ3) is 3.50. The summed E-state index contributed by atoms with van der Waals surface area (Å²) in [6.07, 6.45) is 6.64. The first kappa shape index (κ1) is 11.2. The van der Waals surface area contributed by atoms with E-state index in [2.05, 4.69) is 0 Å². The van der Waals surface area contributed by atoms with Crippen molar-refractivity contribution in [2.24, 2.45) is 0 Å². The van der Waals surface area contributed by atoms with Crippen LogP contribution in [0.3, 0.4) is 0 Å². The minimum atomic E-state index is -0.153. The molecule has 0 saturated carbocycles. The van der Waals surface area contributed by atoms with Crippen molar-refractivity contribution in [2.45, 2.75) is 45.1 Å². The van der Waals surface area contributed by atoms with Crippen LogP contribution in [-0.4, -0.2) is 23.8 Å². The van der Waals surface area contributed by atoms with Gasteiger partial charge in [-0.2, -0.15) is 0 Å². The number of carbonyl (C=O) groups excluding carboxylic acids is 1. The van der Waals surface area contributed by atoms with Gasteiger partial charge in [-0.15, -0.1) is 0 Å². The van der Waals surface area contributed by atoms with Gasteiger partial charge in [0.25, 0.3) is 0 Å². The van der Waals surface area contributed by atoms with Gasteiger partial charge in [0.15, 0.2) is 0 Å². The maximum atomic E-state index is 11.2. The standard InChI is InChI=1S/C11H18O3/c1-9-8-10(11(13)14-9)6-4-2-3-5-7-12/h8-9,12H,2-7H2,1H3/t9-/m0/s1. The van der Waals surface area contributed by atoms with Crippen molar-refractivity contribution in [3.05, 3.63) is 11.6 Å². The molecule has 0 aliphatic carbocycles. The smallest absolute Gasteiger partial charge is 0.334 e. The molecule has 14 heavy (non-hydrogen) atoms. The van der Waals surface area contributed by atoms with Gasteiger partial charge in [-0.3, -0.25) is 0 Å². The van der Waals surface area contributed by atoms with Crippen LogP contribution in [0, 0.1) is 0 Å². The van der Waals surface area contributed by atoms with E-state index < -0.39 is 0 Å². The number of rotatable bonds is 6. The number of ether oxygens (including phenoxy) is 1. The SMILES string of the molecule is C[C@H]1C=C(CCCCCCO)C(=O)O1. The lowest BCUT2D eigenvalue weighted by Gasteiger charge is -2.00. The third-order valence-electron chi connectivity index (χ3n) is 2.35. The molecule has 1 aliphatic rings. The van der Waals surface area contributed by atoms with E-state index in [-0.39, 0.29) is 18.7 Å². The van der Waals surface area contributed by atoms with Crippen molar-refractivity contribution in [1.29, 1.82) is 0 Å². The van der Waals surface area contributed by atoms with E-state index in [0.717, 1.165) is 37.7 Å². The molecule has 1 aliphatic heterocycles. The molecule has 3 heteroatoms. The van der Waals surface area contributed by atoms with E-state index in [1.54, 1.807) is 0 Å². The van der Waals surface area contributed by atoms with Gasteiger partial charge in [0, 0.05) is 12.2 Å². The molecule has 0 amide bonds. The summed E-state index contributed by atoms with van der Waals surface area (Å²) in [5, 5.41) is 8.57. The molecule has 0 unspecified atom stereocenters. The Labute approximate surface area is 84.8 Å². The second-order valence-electron chi connectivity index (χ2n) is 3.69. The highest BCUT2D eigenvalue weighted by atomic mass is 16.5. The molecular weight excluding hydrogens is 180 g/mol. The monoisotopic (exact) mass is 198 g/mol. The molecule has 0 aromatic carbocycles. The van der Waals surface area contributed by atoms with Gasteiger partial charge >= 0.3 is 5.97 Å². The normalized spacial score (nSPS) is 20.9. The van der Waals surface area contributed by atoms with E-state index in [9.17, 15) is 4.79 Å². The Kier molecular flexibility index (Phi) is 4.66. The predicted molar refractivity (Wildman–Crippen MR) is 53.8 cm³/mol. The van der Waals surface area contributed by atoms with Crippen LogP contribution in [0.2, 0.25) is 0 Å². The molecule has 0 saturated heterocycles. The van der Waals surface area contributed by atoms with E-state index in [1.807, 2.05) is 13.0 Å². The lowest BCUT2D eigenvalue weighted by molar-refractivity contribution is -0.139. The van der Waals surface area contributed by atoms with Crippen LogP contribution in [0.4, 0.5) is 0 Å². The molecule has 80 valence electrons. The summed E-state index contributed by atoms with van der Waals surface area (Å²) in [6.45, 7) is 2.14. The molecule has 3 nitrogen and oxygen atoms in total. The molecule has 0 bridgehead atoms. The average Bonchev–Trinajstić information content (AvgIpc) is 2.45. The zero-order valence-corrected chi connectivity index (χ0v) is 8.66. The summed E-state index contributed by atoms with van der Waals surface area (Å²) >= 11 is 0. The van der Waals surface area contributed by atoms with Crippen LogP contribution in [0.25, 0.3) is 0 Å². The molecule has 1 atom stereocenters. The van der Waals surface area contributed by atoms with Crippen molar-refractivity contribution in [3.63, 3.8) is 0 Å². The van der Waals surface area contributed by atoms with Crippen LogP contribution in [-0.2, 0) is 9.53 Å². The van der Waals surface area contributed by atoms with Crippen molar-refractivity contribution >= 4 is 5.97 Å². The molecule has 0 aromatic heterocycles. The van der Waals surface area contributed by atoms with Crippen LogP contribution >= 0.6 is 0 Å². The van der Waals surface area contributed by atoms with Gasteiger partial charge in [-0.05, 0) is 32.3 Å². The van der Waals surface area contributed by atoms with E-state index in [4.69, 9.17) is 9.84 Å². The zero-order chi connectivity index (χ0) is 10.4. The molecule has 1 rings (SSSR count). The largest absolute Gasteiger partial charge is 0.455 e. The van der Waals surface area contributed by atoms with Crippen LogP contribution in [0.1, 0.15) is 39.0 Å². The van der Waals surface area contributed by atoms with Gasteiger partial charge in [-0.1, -0.05) is 12.8 Å². The van der Waals surface area contributed by atoms with Crippen LogP contribution in [0.5, 0.6) is 0 Å². The number of hydrogen-bond donors (Lipinski definition) is 1. The van der Waals surface area contributed by atoms with Gasteiger partial charge in [0.2, 0.25) is 0 Å². The maximum absolute atomic E-state index is 11.2. The Morgan fingerprint density at radius 2 is 2.07 bits per heavy atom. The number of aliphatic hydroxyl groups excluding tert-OH is 1. The minimum Gasteiger partial charge on any atom is -0.455 e. The number of carbonyl (C=O) groups is 1. The average molecular weight is 198 g/mol. The van der Waals surface area contributed by atoms with E-state index in [1.165, 1.54) is 0 Å². The quantitative estimate of drug-likeness (QED) is 0.523. The Balaban J connectivity index is 2.12. The number of cyclic esters (lactones) is 1. The van der Waals surface area contributed by atoms with Gasteiger partial charge in [0.05, 0.1) is 0 Å². The summed E-state index contributed by atoms with van der Waals surface area (Å²) in [5.41, 5.74) is 0.821. The number of unbranched alkanes of at least 4 members (excludes halogenated alkanes) is 3. The maximum Gasteiger partial charge on any atom is 0.334 e. The molecule has 1 heterocycles. The van der Waals surface area contributed by atoms with Crippen LogP contribution in [0.15, 0.2) is 11.6 Å². The fourth-order valence-corrected chi connectivity index (χ4v) is 1.60. The van der Waals surface area contributed by atoms with Crippen molar-refractivity contribution in [3.8, 4) is 0 Å². The first-order valence-corrected chi connectivity index (χ1v) is 5.26. The van der Waals surface area contributed by atoms with Crippen molar-refractivity contribution in [1.82, 2.24) is 0 Å². The van der Waals surface area contributed by atoms with E-state index in [0.29, 0.717) is 0 Å². The topological polar surface area (TPSA) is 46.5 Å². The Morgan fingerprint density at radius 3 is 2.64 bits per heavy atom. The Hall–Kier alpha value is -0.830. The van der Waals surface area contributed by atoms with E-state index >= 15 is 0 Å². The fourth-order valence-electron chi connectivity index (χ4n) is 1.60. The van der Waals surface area contributed by atoms with Crippen molar-refractivity contribution < 1.29 is 14.6 Å². The fraction of sp³-hybridized carbons (Fsp3) is 0.727. The number of hydrogen-bond acceptors (Lipinski definition) is 3. The second-order valence-corrected chi connectivity index (χ2v) is 3.69. The predicted octanol–water partition coefficient (Wildman–Crippen LogP) is 1.80. The molecule has 0 fully saturated rings. The van der Waals surface area contributed by atoms with Gasteiger partial charge in [-0.25, -0.2) is 4.79 Å². The summed E-state index contributed by atoms with van der Waals surface area (Å²) in [6, 6.07) is 0. The summed E-state index contributed by atoms with van der Waals surface area (Å²) in [5.74, 6) is -0.153. The summed E-state index contributed by atoms with van der Waals surface area (Å²) in [7, 11) is 0. The van der Waals surface area contributed by atoms with Gasteiger partial charge in [0.1, 0.15) is 6.10 Å². The highest BCUT2D eigenvalue weighted by molar-refractivity contribution is 5.90. The van der Waals surface area contributed by atoms with Gasteiger partial charge < -0.3 is 9.84 Å². The first-order valence-electron chi connectivity index (χ1n) is 5.26. The zero-order valence-electron chi connectivity index (χ0n) is 8.66. The molecular formula is C11H18O3. The molecule has 1 N–H and O–H groups in total. The molecule has 0 radical (unpaired) electrons.